The summed E-state index contributed by atoms with van der Waals surface area (Å²) >= 11 is 0. The van der Waals surface area contributed by atoms with Gasteiger partial charge in [0.15, 0.2) is 0 Å². The SMILES string of the molecule is O=C(O)CC12CCCCCCCCCCCC(NC(=O)c3ccc(F)c4ccn(Cc5ccc(-c6ccccc6)cc5)c34)(C1)C2. The summed E-state index contributed by atoms with van der Waals surface area (Å²) in [6, 6.07) is 23.3. The molecule has 3 saturated carbocycles. The Bertz CT molecular complexity index is 1620. The van der Waals surface area contributed by atoms with E-state index in [2.05, 4.69) is 41.7 Å². The number of halogens is 1. The highest BCUT2D eigenvalue weighted by Crippen LogP contribution is 2.56. The molecule has 0 saturated heterocycles. The van der Waals surface area contributed by atoms with Gasteiger partial charge in [0.1, 0.15) is 5.82 Å². The summed E-state index contributed by atoms with van der Waals surface area (Å²) in [6.07, 6.45) is 15.6. The second-order valence-corrected chi connectivity index (χ2v) is 13.7. The van der Waals surface area contributed by atoms with Crippen molar-refractivity contribution in [1.82, 2.24) is 9.88 Å². The Morgan fingerprint density at radius 3 is 2.04 bits per heavy atom. The Morgan fingerprint density at radius 2 is 1.38 bits per heavy atom. The number of hydrogen-bond acceptors (Lipinski definition) is 2. The van der Waals surface area contributed by atoms with Gasteiger partial charge in [-0.25, -0.2) is 4.39 Å². The molecule has 3 aliphatic carbocycles. The highest BCUT2D eigenvalue weighted by molar-refractivity contribution is 6.06. The quantitative estimate of drug-likeness (QED) is 0.220. The second-order valence-electron chi connectivity index (χ2n) is 13.7. The highest BCUT2D eigenvalue weighted by Gasteiger charge is 2.55. The van der Waals surface area contributed by atoms with E-state index in [1.807, 2.05) is 29.0 Å². The van der Waals surface area contributed by atoms with Crippen LogP contribution >= 0.6 is 0 Å². The number of nitrogens with zero attached hydrogens (tertiary/aromatic N) is 1. The minimum atomic E-state index is -0.758. The fourth-order valence-corrected chi connectivity index (χ4v) is 8.17. The first kappa shape index (κ1) is 31.1. The highest BCUT2D eigenvalue weighted by atomic mass is 19.1. The molecule has 3 aliphatic rings. The number of carbonyl (C=O) groups is 2. The van der Waals surface area contributed by atoms with Crippen molar-refractivity contribution in [3.8, 4) is 11.1 Å². The number of rotatable bonds is 7. The van der Waals surface area contributed by atoms with E-state index in [0.717, 1.165) is 55.2 Å². The summed E-state index contributed by atoms with van der Waals surface area (Å²) in [5.41, 5.74) is 3.69. The molecule has 7 rings (SSSR count). The molecule has 2 N–H and O–H groups in total. The van der Waals surface area contributed by atoms with Crippen LogP contribution in [0, 0.1) is 11.2 Å². The van der Waals surface area contributed by atoms with Crippen LogP contribution < -0.4 is 5.32 Å². The summed E-state index contributed by atoms with van der Waals surface area (Å²) in [5, 5.41) is 13.6. The first-order chi connectivity index (χ1) is 21.9. The molecule has 0 atom stereocenters. The summed E-state index contributed by atoms with van der Waals surface area (Å²) in [5.74, 6) is -1.31. The van der Waals surface area contributed by atoms with Crippen LogP contribution in [-0.4, -0.2) is 27.1 Å². The number of carboxylic acid groups (broad SMARTS) is 1. The maximum absolute atomic E-state index is 15.1. The van der Waals surface area contributed by atoms with Crippen LogP contribution in [0.25, 0.3) is 22.0 Å². The van der Waals surface area contributed by atoms with Crippen molar-refractivity contribution in [2.24, 2.45) is 5.41 Å². The van der Waals surface area contributed by atoms with Gasteiger partial charge < -0.3 is 15.0 Å². The zero-order valence-electron chi connectivity index (χ0n) is 26.2. The minimum absolute atomic E-state index is 0.150. The van der Waals surface area contributed by atoms with Gasteiger partial charge >= 0.3 is 5.97 Å². The molecule has 0 spiro atoms. The number of aromatic nitrogens is 1. The molecule has 1 aromatic heterocycles. The fraction of sp³-hybridized carbons (Fsp3) is 0.436. The molecule has 1 amide bonds. The summed E-state index contributed by atoms with van der Waals surface area (Å²) in [4.78, 5) is 26.0. The largest absolute Gasteiger partial charge is 0.481 e. The lowest BCUT2D eigenvalue weighted by atomic mass is 9.52. The van der Waals surface area contributed by atoms with Crippen LogP contribution in [0.5, 0.6) is 0 Å². The third kappa shape index (κ3) is 7.16. The van der Waals surface area contributed by atoms with Crippen molar-refractivity contribution in [3.05, 3.63) is 95.9 Å². The first-order valence-electron chi connectivity index (χ1n) is 16.8. The topological polar surface area (TPSA) is 71.3 Å². The maximum atomic E-state index is 15.1. The third-order valence-corrected chi connectivity index (χ3v) is 10.2. The molecule has 0 unspecified atom stereocenters. The average Bonchev–Trinajstić information content (AvgIpc) is 3.44. The molecule has 3 aromatic carbocycles. The van der Waals surface area contributed by atoms with Crippen LogP contribution in [0.1, 0.15) is 106 Å². The lowest BCUT2D eigenvalue weighted by Gasteiger charge is -2.57. The predicted octanol–water partition coefficient (Wildman–Crippen LogP) is 9.52. The van der Waals surface area contributed by atoms with Crippen LogP contribution in [0.15, 0.2) is 79.0 Å². The molecular weight excluding hydrogens is 563 g/mol. The molecule has 0 radical (unpaired) electrons. The normalized spacial score (nSPS) is 22.7. The van der Waals surface area contributed by atoms with Crippen molar-refractivity contribution in [3.63, 3.8) is 0 Å². The van der Waals surface area contributed by atoms with Crippen molar-refractivity contribution in [1.29, 1.82) is 0 Å². The van der Waals surface area contributed by atoms with Crippen molar-refractivity contribution in [2.75, 3.05) is 0 Å². The zero-order chi connectivity index (χ0) is 31.3. The minimum Gasteiger partial charge on any atom is -0.481 e. The van der Waals surface area contributed by atoms with Gasteiger partial charge in [0.05, 0.1) is 17.5 Å². The third-order valence-electron chi connectivity index (χ3n) is 10.2. The van der Waals surface area contributed by atoms with Gasteiger partial charge in [-0.15, -0.1) is 0 Å². The number of amides is 1. The molecule has 45 heavy (non-hydrogen) atoms. The van der Waals surface area contributed by atoms with Crippen LogP contribution in [-0.2, 0) is 11.3 Å². The number of hydrogen-bond donors (Lipinski definition) is 2. The van der Waals surface area contributed by atoms with E-state index in [1.165, 1.54) is 38.2 Å². The van der Waals surface area contributed by atoms with E-state index in [0.29, 0.717) is 35.9 Å². The Kier molecular flexibility index (Phi) is 9.39. The lowest BCUT2D eigenvalue weighted by Crippen LogP contribution is -2.62. The number of carboxylic acids is 1. The Balaban J connectivity index is 1.25. The van der Waals surface area contributed by atoms with Crippen LogP contribution in [0.4, 0.5) is 4.39 Å². The lowest BCUT2D eigenvalue weighted by molar-refractivity contribution is -0.144. The van der Waals surface area contributed by atoms with Gasteiger partial charge in [0, 0.05) is 23.7 Å². The van der Waals surface area contributed by atoms with Crippen LogP contribution in [0.3, 0.4) is 0 Å². The zero-order valence-corrected chi connectivity index (χ0v) is 26.2. The number of carbonyl (C=O) groups excluding carboxylic acids is 1. The van der Waals surface area contributed by atoms with Gasteiger partial charge in [0.25, 0.3) is 5.91 Å². The molecule has 3 fully saturated rings. The molecule has 236 valence electrons. The molecule has 5 nitrogen and oxygen atoms in total. The summed E-state index contributed by atoms with van der Waals surface area (Å²) < 4.78 is 17.0. The van der Waals surface area contributed by atoms with Crippen molar-refractivity contribution < 1.29 is 19.1 Å². The monoisotopic (exact) mass is 608 g/mol. The second kappa shape index (κ2) is 13.6. The van der Waals surface area contributed by atoms with Gasteiger partial charge in [-0.05, 0) is 66.0 Å². The van der Waals surface area contributed by atoms with Gasteiger partial charge in [-0.3, -0.25) is 9.59 Å². The van der Waals surface area contributed by atoms with Crippen molar-refractivity contribution >= 4 is 22.8 Å². The first-order valence-corrected chi connectivity index (χ1v) is 16.8. The Hall–Kier alpha value is -3.93. The van der Waals surface area contributed by atoms with Crippen molar-refractivity contribution in [2.45, 2.75) is 102 Å². The molecule has 6 heteroatoms. The molecular formula is C39H45FN2O3. The van der Waals surface area contributed by atoms with E-state index in [9.17, 15) is 14.7 Å². The maximum Gasteiger partial charge on any atom is 0.303 e. The average molecular weight is 609 g/mol. The Morgan fingerprint density at radius 1 is 0.756 bits per heavy atom. The molecule has 4 aromatic rings. The van der Waals surface area contributed by atoms with Crippen LogP contribution in [0.2, 0.25) is 0 Å². The molecule has 2 bridgehead atoms. The van der Waals surface area contributed by atoms with Gasteiger partial charge in [-0.1, -0.05) is 112 Å². The van der Waals surface area contributed by atoms with E-state index in [-0.39, 0.29) is 23.6 Å². The van der Waals surface area contributed by atoms with E-state index >= 15 is 4.39 Å². The molecule has 1 heterocycles. The predicted molar refractivity (Wildman–Crippen MR) is 178 cm³/mol. The number of benzene rings is 3. The van der Waals surface area contributed by atoms with E-state index in [1.54, 1.807) is 12.1 Å². The van der Waals surface area contributed by atoms with Gasteiger partial charge in [0.2, 0.25) is 0 Å². The van der Waals surface area contributed by atoms with Gasteiger partial charge in [-0.2, -0.15) is 0 Å². The smallest absolute Gasteiger partial charge is 0.303 e. The van der Waals surface area contributed by atoms with E-state index in [4.69, 9.17) is 0 Å². The number of nitrogens with one attached hydrogen (secondary N) is 1. The number of aliphatic carboxylic acids is 1. The number of fused-ring (bicyclic) bond motifs is 11. The van der Waals surface area contributed by atoms with E-state index < -0.39 is 11.5 Å². The Labute approximate surface area is 265 Å². The fourth-order valence-electron chi connectivity index (χ4n) is 8.17. The molecule has 0 aliphatic heterocycles. The summed E-state index contributed by atoms with van der Waals surface area (Å²) in [6.45, 7) is 0.509. The summed E-state index contributed by atoms with van der Waals surface area (Å²) in [7, 11) is 0. The standard InChI is InChI=1S/C39H45FN2O3/c40-34-20-19-33(36-32(34)21-24-42(36)26-29-15-17-31(18-16-29)30-13-9-8-10-14-30)37(45)41-39-23-12-7-5-3-1-2-4-6-11-22-38(27-39,28-39)25-35(43)44/h8-10,13-21,24H,1-7,11-12,22-23,25-28H2,(H,41,45)(H,43,44).